The molecule has 1 fully saturated rings. The maximum atomic E-state index is 6.69. The molecule has 0 radical (unpaired) electrons. The van der Waals surface area contributed by atoms with E-state index < -0.39 is 0 Å². The summed E-state index contributed by atoms with van der Waals surface area (Å²) in [5.74, 6) is 0. The Morgan fingerprint density at radius 2 is 1.87 bits per heavy atom. The molecule has 2 nitrogen and oxygen atoms in total. The molecule has 0 N–H and O–H groups in total. The quantitative estimate of drug-likeness (QED) is 0.683. The molecule has 2 aliphatic heterocycles. The molecule has 2 heterocycles. The molecule has 0 unspecified atom stereocenters. The van der Waals surface area contributed by atoms with E-state index in [-0.39, 0.29) is 0 Å². The third kappa shape index (κ3) is 3.98. The van der Waals surface area contributed by atoms with E-state index in [1.165, 1.54) is 67.7 Å². The standard InChI is InChI=1S/C20H28ClN2/c1-22-14-4-8-18(22)12-10-16-6-3-7-17(20(16)21)11-13-19-9-5-15-23(19)2/h10-13H,3-9,14-15H2,1-2H3/q+1. The van der Waals surface area contributed by atoms with Crippen molar-refractivity contribution in [1.29, 1.82) is 0 Å². The number of halogens is 1. The molecular weight excluding hydrogens is 304 g/mol. The molecule has 0 aromatic heterocycles. The first-order valence-electron chi connectivity index (χ1n) is 8.90. The van der Waals surface area contributed by atoms with Crippen LogP contribution < -0.4 is 0 Å². The monoisotopic (exact) mass is 331 g/mol. The van der Waals surface area contributed by atoms with Crippen LogP contribution in [0.25, 0.3) is 0 Å². The minimum Gasteiger partial charge on any atom is -0.378 e. The zero-order chi connectivity index (χ0) is 16.2. The molecule has 23 heavy (non-hydrogen) atoms. The molecule has 124 valence electrons. The first-order valence-corrected chi connectivity index (χ1v) is 9.28. The van der Waals surface area contributed by atoms with Crippen molar-refractivity contribution in [3.63, 3.8) is 0 Å². The molecule has 0 aromatic rings. The van der Waals surface area contributed by atoms with Gasteiger partial charge in [-0.2, -0.15) is 0 Å². The van der Waals surface area contributed by atoms with Crippen LogP contribution >= 0.6 is 11.6 Å². The van der Waals surface area contributed by atoms with E-state index in [0.717, 1.165) is 17.9 Å². The summed E-state index contributed by atoms with van der Waals surface area (Å²) in [6, 6.07) is 0. The second-order valence-electron chi connectivity index (χ2n) is 6.92. The average Bonchev–Trinajstić information content (AvgIpc) is 3.13. The maximum absolute atomic E-state index is 6.69. The number of rotatable bonds is 3. The number of allylic oxidation sites excluding steroid dienone is 8. The highest BCUT2D eigenvalue weighted by atomic mass is 35.5. The Bertz CT molecular complexity index is 620. The van der Waals surface area contributed by atoms with Gasteiger partial charge in [0.05, 0.1) is 0 Å². The lowest BCUT2D eigenvalue weighted by Gasteiger charge is -2.17. The largest absolute Gasteiger partial charge is 0.378 e. The van der Waals surface area contributed by atoms with E-state index >= 15 is 0 Å². The Labute approximate surface area is 145 Å². The third-order valence-electron chi connectivity index (χ3n) is 5.24. The van der Waals surface area contributed by atoms with Crippen LogP contribution in [0.15, 0.2) is 46.2 Å². The molecule has 3 rings (SSSR count). The fourth-order valence-corrected chi connectivity index (χ4v) is 4.00. The topological polar surface area (TPSA) is 6.25 Å². The number of nitrogens with zero attached hydrogens (tertiary/aromatic N) is 2. The van der Waals surface area contributed by atoms with Crippen LogP contribution in [0.3, 0.4) is 0 Å². The fourth-order valence-electron chi connectivity index (χ4n) is 3.69. The highest BCUT2D eigenvalue weighted by molar-refractivity contribution is 6.32. The Hall–Kier alpha value is -1.28. The van der Waals surface area contributed by atoms with Gasteiger partial charge in [-0.05, 0) is 49.3 Å². The van der Waals surface area contributed by atoms with Crippen LogP contribution in [0.2, 0.25) is 0 Å². The van der Waals surface area contributed by atoms with E-state index in [4.69, 9.17) is 11.6 Å². The van der Waals surface area contributed by atoms with Crippen molar-refractivity contribution in [2.24, 2.45) is 0 Å². The van der Waals surface area contributed by atoms with Gasteiger partial charge in [0, 0.05) is 43.2 Å². The molecule has 3 aliphatic rings. The maximum Gasteiger partial charge on any atom is 0.176 e. The van der Waals surface area contributed by atoms with Crippen molar-refractivity contribution >= 4 is 17.3 Å². The molecule has 0 saturated carbocycles. The van der Waals surface area contributed by atoms with Gasteiger partial charge in [0.2, 0.25) is 0 Å². The predicted octanol–water partition coefficient (Wildman–Crippen LogP) is 4.63. The molecular formula is C20H28ClN2+. The summed E-state index contributed by atoms with van der Waals surface area (Å²) in [6.07, 6.45) is 17.4. The molecule has 0 aromatic carbocycles. The number of hydrogen-bond donors (Lipinski definition) is 0. The lowest BCUT2D eigenvalue weighted by Crippen LogP contribution is -2.09. The van der Waals surface area contributed by atoms with Gasteiger partial charge < -0.3 is 4.90 Å². The summed E-state index contributed by atoms with van der Waals surface area (Å²) in [4.78, 5) is 2.35. The van der Waals surface area contributed by atoms with Crippen molar-refractivity contribution < 1.29 is 4.58 Å². The van der Waals surface area contributed by atoms with Crippen LogP contribution in [-0.4, -0.2) is 42.4 Å². The minimum absolute atomic E-state index is 0.978. The fraction of sp³-hybridized carbons (Fsp3) is 0.550. The molecule has 0 spiro atoms. The van der Waals surface area contributed by atoms with Gasteiger partial charge in [-0.3, -0.25) is 0 Å². The molecule has 3 heteroatoms. The van der Waals surface area contributed by atoms with Gasteiger partial charge in [0.15, 0.2) is 5.71 Å². The first-order chi connectivity index (χ1) is 11.1. The van der Waals surface area contributed by atoms with E-state index in [2.05, 4.69) is 47.9 Å². The molecule has 0 amide bonds. The van der Waals surface area contributed by atoms with Crippen LogP contribution in [-0.2, 0) is 0 Å². The number of likely N-dealkylation sites (tertiary alicyclic amines) is 1. The van der Waals surface area contributed by atoms with Crippen molar-refractivity contribution in [2.45, 2.75) is 44.9 Å². The van der Waals surface area contributed by atoms with Gasteiger partial charge in [-0.15, -0.1) is 0 Å². The minimum atomic E-state index is 0.978. The van der Waals surface area contributed by atoms with Crippen LogP contribution in [0.4, 0.5) is 0 Å². The number of hydrogen-bond acceptors (Lipinski definition) is 1. The lowest BCUT2D eigenvalue weighted by atomic mass is 9.94. The molecule has 1 aliphatic carbocycles. The highest BCUT2D eigenvalue weighted by Crippen LogP contribution is 2.33. The Kier molecular flexibility index (Phi) is 5.42. The van der Waals surface area contributed by atoms with Gasteiger partial charge >= 0.3 is 0 Å². The van der Waals surface area contributed by atoms with Gasteiger partial charge in [0.1, 0.15) is 13.6 Å². The van der Waals surface area contributed by atoms with E-state index in [1.807, 2.05) is 0 Å². The summed E-state index contributed by atoms with van der Waals surface area (Å²) in [5.41, 5.74) is 5.48. The van der Waals surface area contributed by atoms with Gasteiger partial charge in [-0.1, -0.05) is 23.8 Å². The molecule has 1 saturated heterocycles. The van der Waals surface area contributed by atoms with Gasteiger partial charge in [-0.25, -0.2) is 4.58 Å². The molecule has 0 atom stereocenters. The Morgan fingerprint density at radius 1 is 1.00 bits per heavy atom. The smallest absolute Gasteiger partial charge is 0.176 e. The SMILES string of the molecule is CN1CCC/C1=C\C=C1/CCCC(/C=C/C2=[N+](C)CCC2)=C1Cl. The van der Waals surface area contributed by atoms with Crippen molar-refractivity contribution in [2.75, 3.05) is 27.2 Å². The second-order valence-corrected chi connectivity index (χ2v) is 7.30. The Balaban J connectivity index is 1.77. The summed E-state index contributed by atoms with van der Waals surface area (Å²) >= 11 is 6.69. The van der Waals surface area contributed by atoms with E-state index in [9.17, 15) is 0 Å². The van der Waals surface area contributed by atoms with Crippen LogP contribution in [0.1, 0.15) is 44.9 Å². The van der Waals surface area contributed by atoms with Crippen LogP contribution in [0.5, 0.6) is 0 Å². The summed E-state index contributed by atoms with van der Waals surface area (Å²) in [7, 11) is 4.36. The summed E-state index contributed by atoms with van der Waals surface area (Å²) in [6.45, 7) is 2.36. The lowest BCUT2D eigenvalue weighted by molar-refractivity contribution is -0.487. The van der Waals surface area contributed by atoms with E-state index in [0.29, 0.717) is 0 Å². The van der Waals surface area contributed by atoms with Crippen molar-refractivity contribution in [3.8, 4) is 0 Å². The third-order valence-corrected chi connectivity index (χ3v) is 5.73. The van der Waals surface area contributed by atoms with E-state index in [1.54, 1.807) is 0 Å². The zero-order valence-corrected chi connectivity index (χ0v) is 15.2. The first kappa shape index (κ1) is 16.6. The average molecular weight is 332 g/mol. The highest BCUT2D eigenvalue weighted by Gasteiger charge is 2.18. The summed E-state index contributed by atoms with van der Waals surface area (Å²) < 4.78 is 2.35. The van der Waals surface area contributed by atoms with Crippen molar-refractivity contribution in [3.05, 3.63) is 46.2 Å². The zero-order valence-electron chi connectivity index (χ0n) is 14.4. The predicted molar refractivity (Wildman–Crippen MR) is 99.2 cm³/mol. The Morgan fingerprint density at radius 3 is 2.57 bits per heavy atom. The van der Waals surface area contributed by atoms with Crippen molar-refractivity contribution in [1.82, 2.24) is 4.90 Å². The van der Waals surface area contributed by atoms with Crippen LogP contribution in [0, 0.1) is 0 Å². The molecule has 0 bridgehead atoms. The second kappa shape index (κ2) is 7.53. The normalized spacial score (nSPS) is 26.7. The van der Waals surface area contributed by atoms with Gasteiger partial charge in [0.25, 0.3) is 0 Å². The summed E-state index contributed by atoms with van der Waals surface area (Å²) in [5, 5.41) is 0.978.